The highest BCUT2D eigenvalue weighted by molar-refractivity contribution is 9.10. The predicted molar refractivity (Wildman–Crippen MR) is 66.4 cm³/mol. The normalized spacial score (nSPS) is 9.76. The number of hydrogen-bond donors (Lipinski definition) is 1. The van der Waals surface area contributed by atoms with Gasteiger partial charge in [0.25, 0.3) is 0 Å². The van der Waals surface area contributed by atoms with Crippen LogP contribution in [0.4, 0.5) is 5.69 Å². The third kappa shape index (κ3) is 4.95. The summed E-state index contributed by atoms with van der Waals surface area (Å²) >= 11 is 3.21. The number of aromatic nitrogens is 1. The first-order valence-corrected chi connectivity index (χ1v) is 5.98. The van der Waals surface area contributed by atoms with Crippen LogP contribution < -0.4 is 5.32 Å². The van der Waals surface area contributed by atoms with Gasteiger partial charge >= 0.3 is 5.97 Å². The summed E-state index contributed by atoms with van der Waals surface area (Å²) in [5.41, 5.74) is 0.585. The summed E-state index contributed by atoms with van der Waals surface area (Å²) in [4.78, 5) is 26.5. The standard InChI is InChI=1S/C11H13BrN2O3/c1-2-17-10(16)6-5-9(15)14-8-4-3-7-13-11(8)12/h3-4,7H,2,5-6H2,1H3,(H,14,15). The molecule has 0 fully saturated rings. The van der Waals surface area contributed by atoms with Crippen LogP contribution in [0.25, 0.3) is 0 Å². The lowest BCUT2D eigenvalue weighted by Crippen LogP contribution is -2.15. The molecule has 0 saturated heterocycles. The van der Waals surface area contributed by atoms with Crippen LogP contribution >= 0.6 is 15.9 Å². The molecule has 0 spiro atoms. The number of esters is 1. The van der Waals surface area contributed by atoms with E-state index in [1.165, 1.54) is 0 Å². The van der Waals surface area contributed by atoms with Gasteiger partial charge < -0.3 is 10.1 Å². The number of carbonyl (C=O) groups excluding carboxylic acids is 2. The van der Waals surface area contributed by atoms with E-state index < -0.39 is 0 Å². The Balaban J connectivity index is 2.40. The number of pyridine rings is 1. The number of anilines is 1. The topological polar surface area (TPSA) is 68.3 Å². The smallest absolute Gasteiger partial charge is 0.306 e. The Labute approximate surface area is 108 Å². The average molecular weight is 301 g/mol. The van der Waals surface area contributed by atoms with Gasteiger partial charge in [0, 0.05) is 12.6 Å². The van der Waals surface area contributed by atoms with Gasteiger partial charge in [-0.05, 0) is 35.0 Å². The van der Waals surface area contributed by atoms with Crippen LogP contribution in [0.1, 0.15) is 19.8 Å². The van der Waals surface area contributed by atoms with Crippen molar-refractivity contribution in [3.05, 3.63) is 22.9 Å². The van der Waals surface area contributed by atoms with E-state index in [-0.39, 0.29) is 24.7 Å². The molecular weight excluding hydrogens is 288 g/mol. The molecular formula is C11H13BrN2O3. The summed E-state index contributed by atoms with van der Waals surface area (Å²) in [6.45, 7) is 2.05. The molecule has 17 heavy (non-hydrogen) atoms. The lowest BCUT2D eigenvalue weighted by atomic mass is 10.3. The Morgan fingerprint density at radius 3 is 2.88 bits per heavy atom. The minimum absolute atomic E-state index is 0.0809. The Morgan fingerprint density at radius 1 is 1.47 bits per heavy atom. The highest BCUT2D eigenvalue weighted by atomic mass is 79.9. The van der Waals surface area contributed by atoms with Crippen LogP contribution in [0, 0.1) is 0 Å². The van der Waals surface area contributed by atoms with Crippen LogP contribution in [0.15, 0.2) is 22.9 Å². The second-order valence-electron chi connectivity index (χ2n) is 3.19. The first kappa shape index (κ1) is 13.6. The van der Waals surface area contributed by atoms with E-state index in [0.717, 1.165) is 0 Å². The fraction of sp³-hybridized carbons (Fsp3) is 0.364. The minimum Gasteiger partial charge on any atom is -0.466 e. The van der Waals surface area contributed by atoms with Crippen LogP contribution in [0.3, 0.4) is 0 Å². The van der Waals surface area contributed by atoms with Crippen LogP contribution in [-0.4, -0.2) is 23.5 Å². The monoisotopic (exact) mass is 300 g/mol. The molecule has 0 atom stereocenters. The number of halogens is 1. The Morgan fingerprint density at radius 2 is 2.24 bits per heavy atom. The zero-order valence-electron chi connectivity index (χ0n) is 9.40. The number of nitrogens with one attached hydrogen (secondary N) is 1. The molecule has 1 heterocycles. The van der Waals surface area contributed by atoms with Gasteiger partial charge in [-0.25, -0.2) is 4.98 Å². The van der Waals surface area contributed by atoms with Crippen molar-refractivity contribution in [3.8, 4) is 0 Å². The molecule has 0 aliphatic carbocycles. The summed E-state index contributed by atoms with van der Waals surface area (Å²) in [7, 11) is 0. The largest absolute Gasteiger partial charge is 0.466 e. The SMILES string of the molecule is CCOC(=O)CCC(=O)Nc1cccnc1Br. The maximum Gasteiger partial charge on any atom is 0.306 e. The highest BCUT2D eigenvalue weighted by Gasteiger charge is 2.09. The highest BCUT2D eigenvalue weighted by Crippen LogP contribution is 2.18. The Hall–Kier alpha value is -1.43. The van der Waals surface area contributed by atoms with Crippen molar-refractivity contribution in [1.29, 1.82) is 0 Å². The number of ether oxygens (including phenoxy) is 1. The Bertz CT molecular complexity index is 409. The van der Waals surface area contributed by atoms with Crippen LogP contribution in [-0.2, 0) is 14.3 Å². The first-order chi connectivity index (χ1) is 8.13. The fourth-order valence-corrected chi connectivity index (χ4v) is 1.49. The molecule has 6 heteroatoms. The van der Waals surface area contributed by atoms with Gasteiger partial charge in [-0.2, -0.15) is 0 Å². The lowest BCUT2D eigenvalue weighted by molar-refractivity contribution is -0.144. The van der Waals surface area contributed by atoms with E-state index >= 15 is 0 Å². The number of hydrogen-bond acceptors (Lipinski definition) is 4. The number of carbonyl (C=O) groups is 2. The number of nitrogens with zero attached hydrogens (tertiary/aromatic N) is 1. The van der Waals surface area contributed by atoms with Gasteiger partial charge in [0.05, 0.1) is 18.7 Å². The van der Waals surface area contributed by atoms with Gasteiger partial charge in [0.1, 0.15) is 4.60 Å². The van der Waals surface area contributed by atoms with Gasteiger partial charge in [0.15, 0.2) is 0 Å². The van der Waals surface area contributed by atoms with Crippen molar-refractivity contribution in [2.24, 2.45) is 0 Å². The molecule has 1 amide bonds. The molecule has 5 nitrogen and oxygen atoms in total. The van der Waals surface area contributed by atoms with Gasteiger partial charge in [0.2, 0.25) is 5.91 Å². The van der Waals surface area contributed by atoms with E-state index in [9.17, 15) is 9.59 Å². The molecule has 1 aromatic heterocycles. The second kappa shape index (κ2) is 7.01. The minimum atomic E-state index is -0.368. The molecule has 1 N–H and O–H groups in total. The summed E-state index contributed by atoms with van der Waals surface area (Å²) in [5, 5.41) is 2.65. The molecule has 1 rings (SSSR count). The molecule has 0 saturated carbocycles. The quantitative estimate of drug-likeness (QED) is 0.668. The van der Waals surface area contributed by atoms with Gasteiger partial charge in [-0.3, -0.25) is 9.59 Å². The molecule has 0 bridgehead atoms. The van der Waals surface area contributed by atoms with Crippen molar-refractivity contribution < 1.29 is 14.3 Å². The van der Waals surface area contributed by atoms with E-state index in [1.807, 2.05) is 0 Å². The molecule has 0 aliphatic heterocycles. The summed E-state index contributed by atoms with van der Waals surface area (Å²) in [5.74, 6) is -0.611. The zero-order chi connectivity index (χ0) is 12.7. The van der Waals surface area contributed by atoms with Crippen LogP contribution in [0.5, 0.6) is 0 Å². The van der Waals surface area contributed by atoms with E-state index in [4.69, 9.17) is 4.74 Å². The van der Waals surface area contributed by atoms with E-state index in [1.54, 1.807) is 25.3 Å². The van der Waals surface area contributed by atoms with Crippen molar-refractivity contribution in [1.82, 2.24) is 4.98 Å². The number of rotatable bonds is 5. The fourth-order valence-electron chi connectivity index (χ4n) is 1.14. The average Bonchev–Trinajstić information content (AvgIpc) is 2.30. The van der Waals surface area contributed by atoms with Crippen LogP contribution in [0.2, 0.25) is 0 Å². The molecule has 0 radical (unpaired) electrons. The van der Waals surface area contributed by atoms with Gasteiger partial charge in [-0.15, -0.1) is 0 Å². The van der Waals surface area contributed by atoms with Crippen molar-refractivity contribution >= 4 is 33.5 Å². The maximum atomic E-state index is 11.5. The maximum absolute atomic E-state index is 11.5. The van der Waals surface area contributed by atoms with Crippen molar-refractivity contribution in [2.75, 3.05) is 11.9 Å². The van der Waals surface area contributed by atoms with Crippen molar-refractivity contribution in [3.63, 3.8) is 0 Å². The molecule has 0 unspecified atom stereocenters. The predicted octanol–water partition coefficient (Wildman–Crippen LogP) is 2.13. The summed E-state index contributed by atoms with van der Waals surface area (Å²) in [6.07, 6.45) is 1.79. The second-order valence-corrected chi connectivity index (χ2v) is 3.95. The molecule has 0 aliphatic rings. The van der Waals surface area contributed by atoms with E-state index in [2.05, 4.69) is 26.2 Å². The molecule has 1 aromatic rings. The van der Waals surface area contributed by atoms with Gasteiger partial charge in [-0.1, -0.05) is 0 Å². The third-order valence-corrected chi connectivity index (χ3v) is 2.53. The Kier molecular flexibility index (Phi) is 5.62. The first-order valence-electron chi connectivity index (χ1n) is 5.19. The lowest BCUT2D eigenvalue weighted by Gasteiger charge is -2.06. The third-order valence-electron chi connectivity index (χ3n) is 1.89. The summed E-state index contributed by atoms with van der Waals surface area (Å²) in [6, 6.07) is 3.44. The summed E-state index contributed by atoms with van der Waals surface area (Å²) < 4.78 is 5.29. The zero-order valence-corrected chi connectivity index (χ0v) is 11.0. The molecule has 0 aromatic carbocycles. The number of amides is 1. The molecule has 92 valence electrons. The van der Waals surface area contributed by atoms with E-state index in [0.29, 0.717) is 16.9 Å². The van der Waals surface area contributed by atoms with Crippen molar-refractivity contribution in [2.45, 2.75) is 19.8 Å².